The number of ketones is 1. The Morgan fingerprint density at radius 3 is 2.50 bits per heavy atom. The Hall–Kier alpha value is -0.740. The molecule has 0 aromatic carbocycles. The molecule has 0 atom stereocenters. The highest BCUT2D eigenvalue weighted by Gasteiger charge is 2.20. The average molecular weight is 241 g/mol. The van der Waals surface area contributed by atoms with Crippen LogP contribution in [0.4, 0.5) is 0 Å². The second kappa shape index (κ2) is 5.06. The minimum absolute atomic E-state index is 0.174. The Kier molecular flexibility index (Phi) is 4.21. The summed E-state index contributed by atoms with van der Waals surface area (Å²) in [5, 5.41) is 0.951. The molecule has 0 fully saturated rings. The van der Waals surface area contributed by atoms with Gasteiger partial charge in [0.05, 0.1) is 21.2 Å². The van der Waals surface area contributed by atoms with Crippen molar-refractivity contribution in [1.29, 1.82) is 0 Å². The first-order chi connectivity index (χ1) is 7.35. The maximum absolute atomic E-state index is 12.0. The van der Waals surface area contributed by atoms with E-state index in [1.807, 2.05) is 27.7 Å². The van der Waals surface area contributed by atoms with Crippen LogP contribution in [0, 0.1) is 13.8 Å². The van der Waals surface area contributed by atoms with Crippen LogP contribution in [0.3, 0.4) is 0 Å². The van der Waals surface area contributed by atoms with Gasteiger partial charge in [0.15, 0.2) is 5.78 Å². The summed E-state index contributed by atoms with van der Waals surface area (Å²) < 4.78 is 5.29. The third-order valence-electron chi connectivity index (χ3n) is 2.66. The summed E-state index contributed by atoms with van der Waals surface area (Å²) in [5.74, 6) is 0.174. The smallest absolute Gasteiger partial charge is 0.174 e. The summed E-state index contributed by atoms with van der Waals surface area (Å²) in [6.45, 7) is 7.79. The normalized spacial score (nSPS) is 11.8. The number of carbonyl (C=O) groups excluding carboxylic acids is 1. The number of rotatable bonds is 5. The van der Waals surface area contributed by atoms with Crippen LogP contribution in [-0.2, 0) is 4.74 Å². The third kappa shape index (κ3) is 3.39. The van der Waals surface area contributed by atoms with E-state index in [4.69, 9.17) is 4.74 Å². The van der Waals surface area contributed by atoms with E-state index < -0.39 is 0 Å². The van der Waals surface area contributed by atoms with Crippen LogP contribution in [0.1, 0.15) is 47.1 Å². The monoisotopic (exact) mass is 241 g/mol. The molecule has 1 heterocycles. The standard InChI is InChI=1S/C12H19NO2S/c1-8-11(16-9(2)13-8)10(14)6-7-12(3,4)15-5/h6-7H2,1-5H3. The first-order valence-corrected chi connectivity index (χ1v) is 6.20. The molecular formula is C12H19NO2S. The number of aryl methyl sites for hydroxylation is 2. The van der Waals surface area contributed by atoms with Gasteiger partial charge in [0, 0.05) is 13.5 Å². The number of hydrogen-bond acceptors (Lipinski definition) is 4. The number of thiazole rings is 1. The Morgan fingerprint density at radius 1 is 1.44 bits per heavy atom. The first kappa shape index (κ1) is 13.3. The van der Waals surface area contributed by atoms with Crippen LogP contribution in [0.15, 0.2) is 0 Å². The molecule has 0 aliphatic carbocycles. The number of ether oxygens (including phenoxy) is 1. The highest BCUT2D eigenvalue weighted by Crippen LogP contribution is 2.22. The van der Waals surface area contributed by atoms with Gasteiger partial charge in [-0.15, -0.1) is 11.3 Å². The van der Waals surface area contributed by atoms with Crippen molar-refractivity contribution in [2.45, 2.75) is 46.1 Å². The lowest BCUT2D eigenvalue weighted by atomic mass is 10.00. The molecule has 0 saturated carbocycles. The molecule has 0 saturated heterocycles. The lowest BCUT2D eigenvalue weighted by Gasteiger charge is -2.21. The molecule has 1 aromatic rings. The van der Waals surface area contributed by atoms with Gasteiger partial charge in [-0.05, 0) is 34.1 Å². The van der Waals surface area contributed by atoms with Gasteiger partial charge in [-0.25, -0.2) is 4.98 Å². The number of nitrogens with zero attached hydrogens (tertiary/aromatic N) is 1. The number of methoxy groups -OCH3 is 1. The predicted molar refractivity (Wildman–Crippen MR) is 66.2 cm³/mol. The molecule has 0 aliphatic heterocycles. The minimum Gasteiger partial charge on any atom is -0.379 e. The van der Waals surface area contributed by atoms with E-state index in [2.05, 4.69) is 4.98 Å². The maximum Gasteiger partial charge on any atom is 0.174 e. The second-order valence-electron chi connectivity index (χ2n) is 4.53. The fourth-order valence-electron chi connectivity index (χ4n) is 1.42. The maximum atomic E-state index is 12.0. The van der Waals surface area contributed by atoms with Crippen molar-refractivity contribution >= 4 is 17.1 Å². The SMILES string of the molecule is COC(C)(C)CCC(=O)c1sc(C)nc1C. The van der Waals surface area contributed by atoms with Crippen LogP contribution in [-0.4, -0.2) is 23.5 Å². The second-order valence-corrected chi connectivity index (χ2v) is 5.74. The first-order valence-electron chi connectivity index (χ1n) is 5.38. The number of aromatic nitrogens is 1. The van der Waals surface area contributed by atoms with Crippen LogP contribution >= 0.6 is 11.3 Å². The number of carbonyl (C=O) groups is 1. The summed E-state index contributed by atoms with van der Waals surface area (Å²) in [5.41, 5.74) is 0.617. The van der Waals surface area contributed by atoms with Gasteiger partial charge in [0.25, 0.3) is 0 Å². The molecular weight excluding hydrogens is 222 g/mol. The van der Waals surface area contributed by atoms with Crippen LogP contribution in [0.25, 0.3) is 0 Å². The molecule has 0 radical (unpaired) electrons. The largest absolute Gasteiger partial charge is 0.379 e. The Bertz CT molecular complexity index is 382. The molecule has 4 heteroatoms. The number of Topliss-reactive ketones (excluding diaryl/α,β-unsaturated/α-hetero) is 1. The molecule has 0 bridgehead atoms. The molecule has 1 aromatic heterocycles. The summed E-state index contributed by atoms with van der Waals surface area (Å²) in [6.07, 6.45) is 1.25. The minimum atomic E-state index is -0.233. The van der Waals surface area contributed by atoms with E-state index >= 15 is 0 Å². The molecule has 0 aliphatic rings. The summed E-state index contributed by atoms with van der Waals surface area (Å²) in [4.78, 5) is 17.0. The van der Waals surface area contributed by atoms with Gasteiger partial charge >= 0.3 is 0 Å². The molecule has 3 nitrogen and oxygen atoms in total. The van der Waals surface area contributed by atoms with Crippen LogP contribution < -0.4 is 0 Å². The fraction of sp³-hybridized carbons (Fsp3) is 0.667. The van der Waals surface area contributed by atoms with E-state index in [0.717, 1.165) is 22.0 Å². The van der Waals surface area contributed by atoms with Gasteiger partial charge in [-0.1, -0.05) is 0 Å². The van der Waals surface area contributed by atoms with Crippen molar-refractivity contribution in [3.63, 3.8) is 0 Å². The van der Waals surface area contributed by atoms with Gasteiger partial charge in [0.2, 0.25) is 0 Å². The van der Waals surface area contributed by atoms with E-state index in [1.54, 1.807) is 7.11 Å². The Morgan fingerprint density at radius 2 is 2.06 bits per heavy atom. The summed E-state index contributed by atoms with van der Waals surface area (Å²) in [6, 6.07) is 0. The predicted octanol–water partition coefficient (Wildman–Crippen LogP) is 3.15. The average Bonchev–Trinajstić information content (AvgIpc) is 2.54. The highest BCUT2D eigenvalue weighted by molar-refractivity contribution is 7.13. The fourth-order valence-corrected chi connectivity index (χ4v) is 2.31. The molecule has 0 spiro atoms. The Labute approximate surface area is 101 Å². The molecule has 16 heavy (non-hydrogen) atoms. The van der Waals surface area contributed by atoms with Gasteiger partial charge in [0.1, 0.15) is 0 Å². The topological polar surface area (TPSA) is 39.2 Å². The van der Waals surface area contributed by atoms with Crippen molar-refractivity contribution in [2.24, 2.45) is 0 Å². The lowest BCUT2D eigenvalue weighted by molar-refractivity contribution is 0.0142. The quantitative estimate of drug-likeness (QED) is 0.743. The molecule has 1 rings (SSSR count). The van der Waals surface area contributed by atoms with E-state index in [1.165, 1.54) is 11.3 Å². The summed E-state index contributed by atoms with van der Waals surface area (Å²) in [7, 11) is 1.67. The summed E-state index contributed by atoms with van der Waals surface area (Å²) >= 11 is 1.48. The van der Waals surface area contributed by atoms with Gasteiger partial charge in [-0.2, -0.15) is 0 Å². The zero-order chi connectivity index (χ0) is 12.3. The van der Waals surface area contributed by atoms with Crippen molar-refractivity contribution in [2.75, 3.05) is 7.11 Å². The van der Waals surface area contributed by atoms with Crippen LogP contribution in [0.5, 0.6) is 0 Å². The molecule has 0 amide bonds. The lowest BCUT2D eigenvalue weighted by Crippen LogP contribution is -2.23. The van der Waals surface area contributed by atoms with Crippen LogP contribution in [0.2, 0.25) is 0 Å². The Balaban J connectivity index is 2.63. The molecule has 0 N–H and O–H groups in total. The zero-order valence-corrected chi connectivity index (χ0v) is 11.4. The van der Waals surface area contributed by atoms with E-state index in [0.29, 0.717) is 6.42 Å². The van der Waals surface area contributed by atoms with E-state index in [9.17, 15) is 4.79 Å². The van der Waals surface area contributed by atoms with Gasteiger partial charge < -0.3 is 4.74 Å². The molecule has 0 unspecified atom stereocenters. The van der Waals surface area contributed by atoms with Gasteiger partial charge in [-0.3, -0.25) is 4.79 Å². The highest BCUT2D eigenvalue weighted by atomic mass is 32.1. The van der Waals surface area contributed by atoms with E-state index in [-0.39, 0.29) is 11.4 Å². The van der Waals surface area contributed by atoms with Crippen molar-refractivity contribution in [1.82, 2.24) is 4.98 Å². The zero-order valence-electron chi connectivity index (χ0n) is 10.6. The van der Waals surface area contributed by atoms with Crippen molar-refractivity contribution in [3.8, 4) is 0 Å². The number of hydrogen-bond donors (Lipinski definition) is 0. The van der Waals surface area contributed by atoms with Crippen molar-refractivity contribution in [3.05, 3.63) is 15.6 Å². The molecule has 90 valence electrons. The third-order valence-corrected chi connectivity index (χ3v) is 3.78. The van der Waals surface area contributed by atoms with Crippen molar-refractivity contribution < 1.29 is 9.53 Å².